The van der Waals surface area contributed by atoms with Gasteiger partial charge in [0.15, 0.2) is 6.10 Å². The lowest BCUT2D eigenvalue weighted by molar-refractivity contribution is -0.873. The van der Waals surface area contributed by atoms with E-state index in [9.17, 15) is 14.7 Å². The van der Waals surface area contributed by atoms with Crippen LogP contribution in [0.15, 0.2) is 60.8 Å². The number of hydrogen-bond acceptors (Lipinski definition) is 4. The van der Waals surface area contributed by atoms with Gasteiger partial charge < -0.3 is 19.1 Å². The van der Waals surface area contributed by atoms with Crippen molar-refractivity contribution in [2.75, 3.05) is 27.7 Å². The second-order valence-electron chi connectivity index (χ2n) is 9.50. The number of ether oxygens (including phenoxy) is 1. The summed E-state index contributed by atoms with van der Waals surface area (Å²) in [6.07, 6.45) is 30.2. The molecule has 0 aromatic rings. The summed E-state index contributed by atoms with van der Waals surface area (Å²) in [6.45, 7) is 2.66. The van der Waals surface area contributed by atoms with Crippen LogP contribution in [0, 0.1) is 0 Å². The first-order valence-electron chi connectivity index (χ1n) is 12.7. The molecule has 0 heterocycles. The Morgan fingerprint density at radius 3 is 1.68 bits per heavy atom. The molecule has 5 nitrogen and oxygen atoms in total. The fourth-order valence-electron chi connectivity index (χ4n) is 3.22. The highest BCUT2D eigenvalue weighted by Gasteiger charge is 2.22. The number of hydrogen-bond donors (Lipinski definition) is 0. The zero-order valence-electron chi connectivity index (χ0n) is 21.9. The van der Waals surface area contributed by atoms with Gasteiger partial charge in [0.05, 0.1) is 21.1 Å². The van der Waals surface area contributed by atoms with E-state index in [-0.39, 0.29) is 18.8 Å². The summed E-state index contributed by atoms with van der Waals surface area (Å²) in [5.74, 6) is -1.58. The van der Waals surface area contributed by atoms with Gasteiger partial charge in [0.1, 0.15) is 6.54 Å². The number of rotatable bonds is 20. The molecule has 0 saturated heterocycles. The fourth-order valence-corrected chi connectivity index (χ4v) is 3.22. The van der Waals surface area contributed by atoms with Crippen LogP contribution in [0.4, 0.5) is 0 Å². The van der Waals surface area contributed by atoms with Crippen molar-refractivity contribution < 1.29 is 23.9 Å². The van der Waals surface area contributed by atoms with Gasteiger partial charge in [0.2, 0.25) is 0 Å². The zero-order chi connectivity index (χ0) is 25.5. The van der Waals surface area contributed by atoms with Crippen molar-refractivity contribution in [2.24, 2.45) is 0 Å². The second-order valence-corrected chi connectivity index (χ2v) is 9.50. The number of carboxylic acids is 1. The Hall–Kier alpha value is -2.40. The van der Waals surface area contributed by atoms with Gasteiger partial charge in [-0.1, -0.05) is 80.5 Å². The molecule has 0 aliphatic carbocycles. The minimum absolute atomic E-state index is 0.242. The summed E-state index contributed by atoms with van der Waals surface area (Å²) in [6, 6.07) is 0. The van der Waals surface area contributed by atoms with E-state index >= 15 is 0 Å². The maximum atomic E-state index is 12.0. The predicted octanol–water partition coefficient (Wildman–Crippen LogP) is 5.45. The van der Waals surface area contributed by atoms with E-state index in [2.05, 4.69) is 55.5 Å². The number of carbonyl (C=O) groups excluding carboxylic acids is 2. The molecule has 0 radical (unpaired) electrons. The van der Waals surface area contributed by atoms with Crippen LogP contribution in [0.5, 0.6) is 0 Å². The highest BCUT2D eigenvalue weighted by Crippen LogP contribution is 2.07. The molecule has 0 aliphatic rings. The van der Waals surface area contributed by atoms with E-state index < -0.39 is 12.1 Å². The number of allylic oxidation sites excluding steroid dienone is 10. The third-order valence-electron chi connectivity index (χ3n) is 4.86. The van der Waals surface area contributed by atoms with E-state index in [0.717, 1.165) is 25.7 Å². The van der Waals surface area contributed by atoms with Crippen molar-refractivity contribution in [3.05, 3.63) is 60.8 Å². The molecule has 34 heavy (non-hydrogen) atoms. The number of likely N-dealkylation sites (N-methyl/N-ethyl adjacent to an activating group) is 1. The Morgan fingerprint density at radius 1 is 0.765 bits per heavy atom. The number of unbranched alkanes of at least 4 members (excludes halogenated alkanes) is 3. The lowest BCUT2D eigenvalue weighted by Crippen LogP contribution is -2.45. The molecule has 0 aromatic heterocycles. The fraction of sp³-hybridized carbons (Fsp3) is 0.586. The Bertz CT molecular complexity index is 681. The molecule has 0 spiro atoms. The standard InChI is InChI=1S/C29H47NO4/c1-5-6-7-8-9-10-11-12-13-14-15-16-17-18-19-20-21-22-23-24-29(33)34-27(25-28(31)32)26-30(2,3)4/h9-10,12-13,15-16,18-19,21-22,27H,5-8,11,14,17,20,23-26H2,1-4H3/b10-9+,13-12+,16-15+,19-18+,22-21+. The molecule has 0 saturated carbocycles. The predicted molar refractivity (Wildman–Crippen MR) is 140 cm³/mol. The van der Waals surface area contributed by atoms with Crippen molar-refractivity contribution in [3.63, 3.8) is 0 Å². The minimum Gasteiger partial charge on any atom is -0.550 e. The topological polar surface area (TPSA) is 66.4 Å². The average molecular weight is 474 g/mol. The number of aliphatic carboxylic acids is 1. The summed E-state index contributed by atoms with van der Waals surface area (Å²) in [4.78, 5) is 22.9. The Kier molecular flexibility index (Phi) is 19.7. The first-order valence-corrected chi connectivity index (χ1v) is 12.7. The lowest BCUT2D eigenvalue weighted by atomic mass is 10.2. The Labute approximate surface area is 208 Å². The average Bonchev–Trinajstić information content (AvgIpc) is 2.73. The molecule has 1 atom stereocenters. The maximum absolute atomic E-state index is 12.0. The molecular weight excluding hydrogens is 426 g/mol. The van der Waals surface area contributed by atoms with E-state index in [1.165, 1.54) is 25.7 Å². The number of carboxylic acid groups (broad SMARTS) is 1. The first-order chi connectivity index (χ1) is 16.2. The maximum Gasteiger partial charge on any atom is 0.306 e. The van der Waals surface area contributed by atoms with Crippen molar-refractivity contribution in [3.8, 4) is 0 Å². The highest BCUT2D eigenvalue weighted by atomic mass is 16.5. The first kappa shape index (κ1) is 31.6. The number of carbonyl (C=O) groups is 2. The molecule has 0 bridgehead atoms. The molecule has 0 N–H and O–H groups in total. The zero-order valence-corrected chi connectivity index (χ0v) is 21.9. The van der Waals surface area contributed by atoms with Crippen LogP contribution in [0.2, 0.25) is 0 Å². The molecule has 0 aromatic carbocycles. The van der Waals surface area contributed by atoms with Gasteiger partial charge in [-0.25, -0.2) is 0 Å². The van der Waals surface area contributed by atoms with E-state index in [1.54, 1.807) is 0 Å². The molecule has 0 amide bonds. The quantitative estimate of drug-likeness (QED) is 0.102. The summed E-state index contributed by atoms with van der Waals surface area (Å²) < 4.78 is 5.85. The summed E-state index contributed by atoms with van der Waals surface area (Å²) in [5.41, 5.74) is 0. The molecule has 0 rings (SSSR count). The van der Waals surface area contributed by atoms with Crippen molar-refractivity contribution in [2.45, 2.75) is 83.7 Å². The van der Waals surface area contributed by atoms with Crippen molar-refractivity contribution in [1.29, 1.82) is 0 Å². The summed E-state index contributed by atoms with van der Waals surface area (Å²) in [7, 11) is 5.78. The van der Waals surface area contributed by atoms with Gasteiger partial charge in [-0.2, -0.15) is 0 Å². The van der Waals surface area contributed by atoms with E-state index in [0.29, 0.717) is 17.4 Å². The smallest absolute Gasteiger partial charge is 0.306 e. The second kappa shape index (κ2) is 21.2. The lowest BCUT2D eigenvalue weighted by Gasteiger charge is -2.29. The van der Waals surface area contributed by atoms with Crippen LogP contribution < -0.4 is 5.11 Å². The van der Waals surface area contributed by atoms with Crippen LogP contribution in [0.1, 0.15) is 77.6 Å². The van der Waals surface area contributed by atoms with Gasteiger partial charge in [-0.05, 0) is 44.9 Å². The van der Waals surface area contributed by atoms with Crippen molar-refractivity contribution >= 4 is 11.9 Å². The monoisotopic (exact) mass is 473 g/mol. The molecule has 0 fully saturated rings. The largest absolute Gasteiger partial charge is 0.550 e. The van der Waals surface area contributed by atoms with Gasteiger partial charge in [0.25, 0.3) is 0 Å². The highest BCUT2D eigenvalue weighted by molar-refractivity contribution is 5.71. The Morgan fingerprint density at radius 2 is 1.24 bits per heavy atom. The van der Waals surface area contributed by atoms with Gasteiger partial charge in [-0.15, -0.1) is 0 Å². The number of esters is 1. The van der Waals surface area contributed by atoms with Crippen LogP contribution in [-0.4, -0.2) is 50.2 Å². The molecule has 192 valence electrons. The van der Waals surface area contributed by atoms with Crippen LogP contribution in [-0.2, 0) is 14.3 Å². The van der Waals surface area contributed by atoms with Crippen LogP contribution in [0.25, 0.3) is 0 Å². The number of quaternary nitrogens is 1. The van der Waals surface area contributed by atoms with E-state index in [4.69, 9.17) is 4.74 Å². The summed E-state index contributed by atoms with van der Waals surface area (Å²) >= 11 is 0. The van der Waals surface area contributed by atoms with Crippen LogP contribution >= 0.6 is 0 Å². The SMILES string of the molecule is CCCCC/C=C/C/C=C/C/C=C/C/C=C/C/C=C/CCC(=O)OC(CC(=O)[O-])C[N+](C)(C)C. The number of nitrogens with zero attached hydrogens (tertiary/aromatic N) is 1. The Balaban J connectivity index is 3.88. The van der Waals surface area contributed by atoms with Crippen molar-refractivity contribution in [1.82, 2.24) is 0 Å². The van der Waals surface area contributed by atoms with E-state index in [1.807, 2.05) is 33.3 Å². The van der Waals surface area contributed by atoms with Gasteiger partial charge in [-0.3, -0.25) is 4.79 Å². The third kappa shape index (κ3) is 24.2. The third-order valence-corrected chi connectivity index (χ3v) is 4.86. The van der Waals surface area contributed by atoms with Crippen LogP contribution in [0.3, 0.4) is 0 Å². The molecule has 0 aliphatic heterocycles. The molecule has 5 heteroatoms. The molecule has 1 unspecified atom stereocenters. The normalized spacial score (nSPS) is 13.8. The van der Waals surface area contributed by atoms with Gasteiger partial charge >= 0.3 is 5.97 Å². The summed E-state index contributed by atoms with van der Waals surface area (Å²) in [5, 5.41) is 10.9. The molecular formula is C29H47NO4. The minimum atomic E-state index is -1.20. The van der Waals surface area contributed by atoms with Gasteiger partial charge in [0, 0.05) is 18.8 Å².